The molecule has 0 atom stereocenters. The molecule has 5 nitrogen and oxygen atoms in total. The minimum atomic E-state index is -0.518. The minimum absolute atomic E-state index is 0.207. The molecule has 2 rings (SSSR count). The molecule has 0 unspecified atom stereocenters. The number of aryl methyl sites for hydroxylation is 1. The summed E-state index contributed by atoms with van der Waals surface area (Å²) in [7, 11) is 1.28. The number of carbonyl (C=O) groups excluding carboxylic acids is 2. The van der Waals surface area contributed by atoms with Crippen LogP contribution in [0.3, 0.4) is 0 Å². The fourth-order valence-corrected chi connectivity index (χ4v) is 2.36. The highest BCUT2D eigenvalue weighted by atomic mass is 35.5. The average Bonchev–Trinajstić information content (AvgIpc) is 2.55. The molecule has 2 aromatic rings. The molecule has 1 N–H and O–H groups in total. The van der Waals surface area contributed by atoms with Crippen LogP contribution in [0, 0.1) is 6.92 Å². The van der Waals surface area contributed by atoms with Gasteiger partial charge in [0.2, 0.25) is 0 Å². The fraction of sp³-hybridized carbons (Fsp3) is 0.176. The van der Waals surface area contributed by atoms with Crippen LogP contribution in [-0.4, -0.2) is 25.6 Å². The number of halogens is 2. The third-order valence-corrected chi connectivity index (χ3v) is 3.72. The third-order valence-electron chi connectivity index (χ3n) is 3.16. The summed E-state index contributed by atoms with van der Waals surface area (Å²) < 4.78 is 10.1. The Morgan fingerprint density at radius 1 is 1.12 bits per heavy atom. The number of benzene rings is 2. The maximum absolute atomic E-state index is 12.0. The van der Waals surface area contributed by atoms with Crippen LogP contribution in [0.15, 0.2) is 36.4 Å². The predicted molar refractivity (Wildman–Crippen MR) is 93.1 cm³/mol. The maximum atomic E-state index is 12.0. The Bertz CT molecular complexity index is 777. The van der Waals surface area contributed by atoms with Gasteiger partial charge in [-0.1, -0.05) is 23.2 Å². The molecule has 0 aliphatic rings. The van der Waals surface area contributed by atoms with E-state index in [-0.39, 0.29) is 12.2 Å². The van der Waals surface area contributed by atoms with E-state index in [1.54, 1.807) is 18.2 Å². The third kappa shape index (κ3) is 4.63. The van der Waals surface area contributed by atoms with Crippen molar-refractivity contribution in [1.82, 2.24) is 0 Å². The quantitative estimate of drug-likeness (QED) is 0.807. The summed E-state index contributed by atoms with van der Waals surface area (Å²) in [6.45, 7) is 1.62. The Labute approximate surface area is 149 Å². The summed E-state index contributed by atoms with van der Waals surface area (Å²) in [5.41, 5.74) is 1.41. The number of methoxy groups -OCH3 is 1. The number of carbonyl (C=O) groups is 2. The first-order chi connectivity index (χ1) is 11.4. The molecule has 0 saturated carbocycles. The monoisotopic (exact) mass is 367 g/mol. The average molecular weight is 368 g/mol. The van der Waals surface area contributed by atoms with Gasteiger partial charge in [-0.3, -0.25) is 4.79 Å². The number of hydrogen-bond donors (Lipinski definition) is 1. The lowest BCUT2D eigenvalue weighted by Gasteiger charge is -2.11. The van der Waals surface area contributed by atoms with Gasteiger partial charge < -0.3 is 14.8 Å². The number of nitrogens with one attached hydrogen (secondary N) is 1. The molecule has 126 valence electrons. The highest BCUT2D eigenvalue weighted by molar-refractivity contribution is 6.34. The summed E-state index contributed by atoms with van der Waals surface area (Å²) in [6, 6.07) is 9.57. The standard InChI is InChI=1S/C17H15Cl2NO4/c1-10-7-12(18)4-6-15(10)24-9-16(21)20-14-8-11(17(22)23-2)3-5-13(14)19/h3-8H,9H2,1-2H3,(H,20,21). The van der Waals surface area contributed by atoms with Gasteiger partial charge in [0.25, 0.3) is 5.91 Å². The molecular weight excluding hydrogens is 353 g/mol. The molecule has 0 aliphatic carbocycles. The molecule has 0 radical (unpaired) electrons. The predicted octanol–water partition coefficient (Wildman–Crippen LogP) is 4.11. The van der Waals surface area contributed by atoms with Crippen LogP contribution in [0.4, 0.5) is 5.69 Å². The summed E-state index contributed by atoms with van der Waals surface area (Å²) in [5, 5.41) is 3.50. The van der Waals surface area contributed by atoms with E-state index < -0.39 is 11.9 Å². The zero-order chi connectivity index (χ0) is 17.7. The second kappa shape index (κ2) is 8.04. The van der Waals surface area contributed by atoms with Gasteiger partial charge >= 0.3 is 5.97 Å². The van der Waals surface area contributed by atoms with Crippen molar-refractivity contribution < 1.29 is 19.1 Å². The van der Waals surface area contributed by atoms with E-state index in [9.17, 15) is 9.59 Å². The van der Waals surface area contributed by atoms with Crippen molar-refractivity contribution in [3.05, 3.63) is 57.6 Å². The first-order valence-corrected chi connectivity index (χ1v) is 7.73. The Morgan fingerprint density at radius 3 is 2.54 bits per heavy atom. The zero-order valence-electron chi connectivity index (χ0n) is 13.1. The van der Waals surface area contributed by atoms with Crippen LogP contribution in [0.5, 0.6) is 5.75 Å². The van der Waals surface area contributed by atoms with E-state index in [4.69, 9.17) is 27.9 Å². The number of hydrogen-bond acceptors (Lipinski definition) is 4. The molecule has 0 heterocycles. The molecule has 0 aliphatic heterocycles. The van der Waals surface area contributed by atoms with Crippen LogP contribution in [0.1, 0.15) is 15.9 Å². The molecule has 0 bridgehead atoms. The van der Waals surface area contributed by atoms with Crippen molar-refractivity contribution >= 4 is 40.8 Å². The largest absolute Gasteiger partial charge is 0.483 e. The van der Waals surface area contributed by atoms with E-state index in [0.29, 0.717) is 21.5 Å². The van der Waals surface area contributed by atoms with Gasteiger partial charge in [-0.25, -0.2) is 4.79 Å². The molecule has 0 aromatic heterocycles. The number of anilines is 1. The van der Waals surface area contributed by atoms with Crippen molar-refractivity contribution in [2.75, 3.05) is 19.0 Å². The smallest absolute Gasteiger partial charge is 0.337 e. The van der Waals surface area contributed by atoms with Gasteiger partial charge in [-0.15, -0.1) is 0 Å². The van der Waals surface area contributed by atoms with Gasteiger partial charge in [0.05, 0.1) is 23.4 Å². The van der Waals surface area contributed by atoms with Crippen molar-refractivity contribution in [3.8, 4) is 5.75 Å². The SMILES string of the molecule is COC(=O)c1ccc(Cl)c(NC(=O)COc2ccc(Cl)cc2C)c1. The minimum Gasteiger partial charge on any atom is -0.483 e. The Kier molecular flexibility index (Phi) is 6.06. The topological polar surface area (TPSA) is 64.6 Å². The van der Waals surface area contributed by atoms with Gasteiger partial charge in [-0.2, -0.15) is 0 Å². The second-order valence-electron chi connectivity index (χ2n) is 4.93. The van der Waals surface area contributed by atoms with E-state index >= 15 is 0 Å². The number of amides is 1. The van der Waals surface area contributed by atoms with Crippen molar-refractivity contribution in [1.29, 1.82) is 0 Å². The lowest BCUT2D eigenvalue weighted by Crippen LogP contribution is -2.21. The summed E-state index contributed by atoms with van der Waals surface area (Å²) in [6.07, 6.45) is 0. The van der Waals surface area contributed by atoms with Crippen molar-refractivity contribution in [2.45, 2.75) is 6.92 Å². The molecule has 24 heavy (non-hydrogen) atoms. The lowest BCUT2D eigenvalue weighted by molar-refractivity contribution is -0.118. The maximum Gasteiger partial charge on any atom is 0.337 e. The molecule has 1 amide bonds. The van der Waals surface area contributed by atoms with Crippen LogP contribution in [-0.2, 0) is 9.53 Å². The molecule has 0 spiro atoms. The normalized spacial score (nSPS) is 10.2. The first-order valence-electron chi connectivity index (χ1n) is 6.97. The van der Waals surface area contributed by atoms with Crippen LogP contribution in [0.2, 0.25) is 10.0 Å². The summed E-state index contributed by atoms with van der Waals surface area (Å²) in [5.74, 6) is -0.368. The first kappa shape index (κ1) is 18.1. The molecule has 0 saturated heterocycles. The van der Waals surface area contributed by atoms with E-state index in [2.05, 4.69) is 10.1 Å². The van der Waals surface area contributed by atoms with Gasteiger partial charge in [0.15, 0.2) is 6.61 Å². The number of ether oxygens (including phenoxy) is 2. The number of esters is 1. The van der Waals surface area contributed by atoms with Gasteiger partial charge in [-0.05, 0) is 48.9 Å². The van der Waals surface area contributed by atoms with E-state index in [1.807, 2.05) is 6.92 Å². The lowest BCUT2D eigenvalue weighted by atomic mass is 10.2. The van der Waals surface area contributed by atoms with Crippen LogP contribution >= 0.6 is 23.2 Å². The van der Waals surface area contributed by atoms with Crippen molar-refractivity contribution in [3.63, 3.8) is 0 Å². The van der Waals surface area contributed by atoms with Gasteiger partial charge in [0, 0.05) is 5.02 Å². The zero-order valence-corrected chi connectivity index (χ0v) is 14.6. The molecule has 2 aromatic carbocycles. The number of rotatable bonds is 5. The molecule has 0 fully saturated rings. The van der Waals surface area contributed by atoms with Crippen LogP contribution < -0.4 is 10.1 Å². The Hall–Kier alpha value is -2.24. The van der Waals surface area contributed by atoms with E-state index in [0.717, 1.165) is 5.56 Å². The molecular formula is C17H15Cl2NO4. The Morgan fingerprint density at radius 2 is 1.88 bits per heavy atom. The fourth-order valence-electron chi connectivity index (χ4n) is 1.97. The highest BCUT2D eigenvalue weighted by Gasteiger charge is 2.12. The van der Waals surface area contributed by atoms with Gasteiger partial charge in [0.1, 0.15) is 5.75 Å². The van der Waals surface area contributed by atoms with E-state index in [1.165, 1.54) is 25.3 Å². The van der Waals surface area contributed by atoms with Crippen molar-refractivity contribution in [2.24, 2.45) is 0 Å². The highest BCUT2D eigenvalue weighted by Crippen LogP contribution is 2.24. The molecule has 7 heteroatoms. The van der Waals surface area contributed by atoms with Crippen LogP contribution in [0.25, 0.3) is 0 Å². The summed E-state index contributed by atoms with van der Waals surface area (Å²) >= 11 is 11.9. The summed E-state index contributed by atoms with van der Waals surface area (Å²) in [4.78, 5) is 23.6. The Balaban J connectivity index is 2.03. The second-order valence-corrected chi connectivity index (χ2v) is 5.78.